The summed E-state index contributed by atoms with van der Waals surface area (Å²) in [6, 6.07) is 34.0. The topological polar surface area (TPSA) is 153 Å². The smallest absolute Gasteiger partial charge is 0.322 e. The zero-order valence-electron chi connectivity index (χ0n) is 35.2. The Morgan fingerprint density at radius 2 is 1.20 bits per heavy atom. The number of sulfonamides is 1. The molecule has 0 radical (unpaired) electrons. The Labute approximate surface area is 367 Å². The van der Waals surface area contributed by atoms with Gasteiger partial charge in [-0.2, -0.15) is 9.97 Å². The fourth-order valence-electron chi connectivity index (χ4n) is 6.60. The highest BCUT2D eigenvalue weighted by Crippen LogP contribution is 2.42. The molecule has 13 nitrogen and oxygen atoms in total. The van der Waals surface area contributed by atoms with Gasteiger partial charge >= 0.3 is 12.0 Å². The molecule has 0 saturated carbocycles. The second-order valence-corrected chi connectivity index (χ2v) is 22.8. The van der Waals surface area contributed by atoms with E-state index in [1.165, 1.54) is 7.11 Å². The second kappa shape index (κ2) is 19.4. The van der Waals surface area contributed by atoms with E-state index in [1.54, 1.807) is 60.9 Å². The molecule has 61 heavy (non-hydrogen) atoms. The summed E-state index contributed by atoms with van der Waals surface area (Å²) >= 11 is 3.32. The van der Waals surface area contributed by atoms with Crippen molar-refractivity contribution in [1.82, 2.24) is 19.9 Å². The van der Waals surface area contributed by atoms with Gasteiger partial charge in [-0.3, -0.25) is 4.72 Å². The first-order valence-corrected chi connectivity index (χ1v) is 23.8. The minimum absolute atomic E-state index is 0.00341. The molecule has 0 aliphatic carbocycles. The molecule has 0 amide bonds. The predicted molar refractivity (Wildman–Crippen MR) is 241 cm³/mol. The quantitative estimate of drug-likeness (QED) is 0.0652. The number of anilines is 1. The van der Waals surface area contributed by atoms with Crippen molar-refractivity contribution < 1.29 is 36.5 Å². The number of para-hydroxylation sites is 2. The van der Waals surface area contributed by atoms with Crippen molar-refractivity contribution in [2.45, 2.75) is 56.9 Å². The van der Waals surface area contributed by atoms with Crippen LogP contribution in [0.3, 0.4) is 0 Å². The van der Waals surface area contributed by atoms with Gasteiger partial charge in [0.05, 0.1) is 23.1 Å². The number of hydrogen-bond donors (Lipinski definition) is 1. The molecule has 1 N–H and O–H groups in total. The number of halogens is 1. The average molecular weight is 929 g/mol. The van der Waals surface area contributed by atoms with Crippen LogP contribution in [0, 0.1) is 0 Å². The van der Waals surface area contributed by atoms with Gasteiger partial charge in [-0.25, -0.2) is 18.4 Å². The second-order valence-electron chi connectivity index (χ2n) is 15.9. The third-order valence-corrected chi connectivity index (χ3v) is 16.4. The van der Waals surface area contributed by atoms with Crippen molar-refractivity contribution in [3.63, 3.8) is 0 Å². The van der Waals surface area contributed by atoms with Crippen LogP contribution in [-0.4, -0.2) is 70.2 Å². The summed E-state index contributed by atoms with van der Waals surface area (Å²) in [5.41, 5.74) is 0.779. The highest BCUT2D eigenvalue weighted by Gasteiger charge is 2.50. The maximum absolute atomic E-state index is 14.1. The Balaban J connectivity index is 1.36. The lowest BCUT2D eigenvalue weighted by Crippen LogP contribution is -2.66. The van der Waals surface area contributed by atoms with E-state index in [-0.39, 0.29) is 77.0 Å². The maximum Gasteiger partial charge on any atom is 0.322 e. The zero-order valence-corrected chi connectivity index (χ0v) is 38.6. The Morgan fingerprint density at radius 1 is 0.656 bits per heavy atom. The van der Waals surface area contributed by atoms with Crippen LogP contribution in [0.25, 0.3) is 0 Å². The van der Waals surface area contributed by atoms with Gasteiger partial charge in [-0.05, 0) is 66.6 Å². The van der Waals surface area contributed by atoms with Crippen LogP contribution in [0.5, 0.6) is 35.1 Å². The standard InChI is InChI=1S/C45H50BrN5O8SSi/c1-44(2,3)32-22-24-34(25-23-32)60(52,53)51-40-39(59-38-21-15-14-20-37(38)54-7)41(55-26-27-56-42-47-30-33(46)31-48-42)50-43(49-40)57-28-29-58-61(45(4,5)6,35-16-10-8-11-17-35)36-18-12-9-13-19-36/h8-25,30-31H,26-29H2,1-7H3,(H,49,50,51). The van der Waals surface area contributed by atoms with Crippen molar-refractivity contribution in [1.29, 1.82) is 0 Å². The molecule has 0 aliphatic rings. The Bertz CT molecular complexity index is 2430. The molecule has 0 bridgehead atoms. The summed E-state index contributed by atoms with van der Waals surface area (Å²) < 4.78 is 68.5. The molecule has 2 aromatic heterocycles. The Kier molecular flexibility index (Phi) is 14.3. The van der Waals surface area contributed by atoms with Crippen molar-refractivity contribution in [3.8, 4) is 35.1 Å². The molecular weight excluding hydrogens is 879 g/mol. The molecule has 320 valence electrons. The van der Waals surface area contributed by atoms with Gasteiger partial charge in [0.25, 0.3) is 24.2 Å². The molecule has 0 unspecified atom stereocenters. The first-order chi connectivity index (χ1) is 29.1. The van der Waals surface area contributed by atoms with E-state index in [1.807, 2.05) is 36.4 Å². The lowest BCUT2D eigenvalue weighted by Gasteiger charge is -2.43. The SMILES string of the molecule is COc1ccccc1Oc1c(NS(=O)(=O)c2ccc(C(C)(C)C)cc2)nc(OCCO[Si](c2ccccc2)(c2ccccc2)C(C)(C)C)nc1OCCOc1ncc(Br)cn1. The van der Waals surface area contributed by atoms with Crippen molar-refractivity contribution >= 4 is 50.5 Å². The van der Waals surface area contributed by atoms with Gasteiger partial charge in [-0.15, -0.1) is 0 Å². The number of aromatic nitrogens is 4. The van der Waals surface area contributed by atoms with Crippen LogP contribution < -0.4 is 38.8 Å². The lowest BCUT2D eigenvalue weighted by molar-refractivity contribution is 0.184. The molecule has 0 fully saturated rings. The van der Waals surface area contributed by atoms with Gasteiger partial charge in [-0.1, -0.05) is 126 Å². The minimum atomic E-state index is -4.25. The summed E-state index contributed by atoms with van der Waals surface area (Å²) in [5, 5.41) is 1.95. The predicted octanol–water partition coefficient (Wildman–Crippen LogP) is 8.34. The van der Waals surface area contributed by atoms with E-state index in [9.17, 15) is 8.42 Å². The summed E-state index contributed by atoms with van der Waals surface area (Å²) in [7, 11) is -5.66. The molecule has 0 atom stereocenters. The van der Waals surface area contributed by atoms with Crippen LogP contribution in [0.2, 0.25) is 5.04 Å². The maximum atomic E-state index is 14.1. The van der Waals surface area contributed by atoms with Crippen molar-refractivity contribution in [2.24, 2.45) is 0 Å². The Hall–Kier alpha value is -5.55. The van der Waals surface area contributed by atoms with E-state index in [0.29, 0.717) is 10.2 Å². The highest BCUT2D eigenvalue weighted by molar-refractivity contribution is 9.10. The fraction of sp³-hybridized carbons (Fsp3) is 0.289. The molecule has 16 heteroatoms. The number of rotatable bonds is 18. The molecule has 4 aromatic carbocycles. The number of ether oxygens (including phenoxy) is 5. The summed E-state index contributed by atoms with van der Waals surface area (Å²) in [6.45, 7) is 12.8. The molecular formula is C45H50BrN5O8SSi. The number of benzene rings is 4. The van der Waals surface area contributed by atoms with E-state index in [0.717, 1.165) is 15.9 Å². The van der Waals surface area contributed by atoms with Gasteiger partial charge < -0.3 is 28.1 Å². The van der Waals surface area contributed by atoms with Crippen LogP contribution in [0.15, 0.2) is 131 Å². The van der Waals surface area contributed by atoms with Crippen molar-refractivity contribution in [3.05, 3.63) is 132 Å². The summed E-state index contributed by atoms with van der Waals surface area (Å²) in [4.78, 5) is 17.4. The Morgan fingerprint density at radius 3 is 1.77 bits per heavy atom. The number of nitrogens with zero attached hydrogens (tertiary/aromatic N) is 4. The zero-order chi connectivity index (χ0) is 43.7. The van der Waals surface area contributed by atoms with Crippen LogP contribution in [-0.2, 0) is 19.9 Å². The van der Waals surface area contributed by atoms with E-state index in [4.69, 9.17) is 28.1 Å². The number of nitrogens with one attached hydrogen (secondary N) is 1. The fourth-order valence-corrected chi connectivity index (χ4v) is 12.4. The monoisotopic (exact) mass is 927 g/mol. The number of methoxy groups -OCH3 is 1. The van der Waals surface area contributed by atoms with Crippen LogP contribution in [0.4, 0.5) is 5.82 Å². The van der Waals surface area contributed by atoms with E-state index in [2.05, 4.69) is 106 Å². The molecule has 0 spiro atoms. The van der Waals surface area contributed by atoms with Crippen molar-refractivity contribution in [2.75, 3.05) is 38.3 Å². The van der Waals surface area contributed by atoms with Gasteiger partial charge in [0.15, 0.2) is 17.3 Å². The molecule has 2 heterocycles. The minimum Gasteiger partial charge on any atom is -0.493 e. The number of hydrogen-bond acceptors (Lipinski definition) is 12. The van der Waals surface area contributed by atoms with E-state index >= 15 is 0 Å². The lowest BCUT2D eigenvalue weighted by atomic mass is 9.87. The van der Waals surface area contributed by atoms with Crippen LogP contribution in [0.1, 0.15) is 47.1 Å². The third-order valence-electron chi connectivity index (χ3n) is 9.56. The first kappa shape index (κ1) is 45.0. The normalized spacial score (nSPS) is 12.1. The van der Waals surface area contributed by atoms with Gasteiger partial charge in [0.2, 0.25) is 5.75 Å². The summed E-state index contributed by atoms with van der Waals surface area (Å²) in [6.07, 6.45) is 3.12. The largest absolute Gasteiger partial charge is 0.493 e. The van der Waals surface area contributed by atoms with Crippen LogP contribution >= 0.6 is 15.9 Å². The molecule has 6 aromatic rings. The molecule has 6 rings (SSSR count). The average Bonchev–Trinajstić information content (AvgIpc) is 3.24. The third kappa shape index (κ3) is 11.0. The molecule has 0 saturated heterocycles. The highest BCUT2D eigenvalue weighted by atomic mass is 79.9. The molecule has 0 aliphatic heterocycles. The van der Waals surface area contributed by atoms with E-state index < -0.39 is 18.3 Å². The summed E-state index contributed by atoms with van der Waals surface area (Å²) in [5.74, 6) is 0.104. The van der Waals surface area contributed by atoms with Gasteiger partial charge in [0.1, 0.15) is 19.8 Å². The van der Waals surface area contributed by atoms with Gasteiger partial charge in [0, 0.05) is 12.4 Å². The first-order valence-electron chi connectivity index (χ1n) is 19.6.